The molecule has 7 N–H and O–H groups in total. The van der Waals surface area contributed by atoms with Crippen molar-refractivity contribution in [2.24, 2.45) is 11.7 Å². The number of amides is 3. The maximum absolute atomic E-state index is 12.9. The average molecular weight is 429 g/mol. The number of H-pyrrole nitrogens is 1. The first-order chi connectivity index (χ1) is 13.7. The molecule has 11 nitrogen and oxygen atoms in total. The van der Waals surface area contributed by atoms with E-state index in [1.165, 1.54) is 12.5 Å². The monoisotopic (exact) mass is 428 g/mol. The Kier molecular flexibility index (Phi) is 10.2. The molecule has 0 spiro atoms. The van der Waals surface area contributed by atoms with Crippen molar-refractivity contribution >= 4 is 36.3 Å². The van der Waals surface area contributed by atoms with Crippen molar-refractivity contribution in [3.63, 3.8) is 0 Å². The van der Waals surface area contributed by atoms with E-state index in [0.29, 0.717) is 12.1 Å². The van der Waals surface area contributed by atoms with Crippen LogP contribution in [0.15, 0.2) is 12.5 Å². The zero-order valence-electron chi connectivity index (χ0n) is 16.3. The molecule has 29 heavy (non-hydrogen) atoms. The highest BCUT2D eigenvalue weighted by molar-refractivity contribution is 7.80. The summed E-state index contributed by atoms with van der Waals surface area (Å²) >= 11 is 3.98. The normalized spacial score (nSPS) is 14.9. The number of carbonyl (C=O) groups is 4. The van der Waals surface area contributed by atoms with E-state index in [4.69, 9.17) is 10.8 Å². The molecule has 1 rings (SSSR count). The zero-order valence-corrected chi connectivity index (χ0v) is 17.2. The first-order valence-electron chi connectivity index (χ1n) is 9.13. The molecule has 4 unspecified atom stereocenters. The summed E-state index contributed by atoms with van der Waals surface area (Å²) in [4.78, 5) is 54.9. The second-order valence-corrected chi connectivity index (χ2v) is 6.98. The quantitative estimate of drug-likeness (QED) is 0.196. The Morgan fingerprint density at radius 1 is 1.24 bits per heavy atom. The lowest BCUT2D eigenvalue weighted by molar-refractivity contribution is -0.139. The molecule has 0 saturated carbocycles. The lowest BCUT2D eigenvalue weighted by Crippen LogP contribution is -2.58. The molecule has 1 heterocycles. The average Bonchev–Trinajstić information content (AvgIpc) is 3.21. The molecule has 1 aromatic rings. The van der Waals surface area contributed by atoms with Gasteiger partial charge in [0.05, 0.1) is 12.4 Å². The maximum Gasteiger partial charge on any atom is 0.322 e. The van der Waals surface area contributed by atoms with Crippen LogP contribution < -0.4 is 21.7 Å². The third-order valence-corrected chi connectivity index (χ3v) is 4.75. The topological polar surface area (TPSA) is 179 Å². The molecule has 162 valence electrons. The summed E-state index contributed by atoms with van der Waals surface area (Å²) in [5.74, 6) is -3.15. The maximum atomic E-state index is 12.9. The van der Waals surface area contributed by atoms with Crippen molar-refractivity contribution in [3.05, 3.63) is 18.2 Å². The number of carboxylic acids is 1. The largest absolute Gasteiger partial charge is 0.480 e. The molecule has 0 radical (unpaired) electrons. The molecule has 0 fully saturated rings. The van der Waals surface area contributed by atoms with Crippen molar-refractivity contribution in [1.82, 2.24) is 25.9 Å². The predicted octanol–water partition coefficient (Wildman–Crippen LogP) is -1.57. The second-order valence-electron chi connectivity index (χ2n) is 6.61. The van der Waals surface area contributed by atoms with Crippen LogP contribution >= 0.6 is 12.6 Å². The van der Waals surface area contributed by atoms with Gasteiger partial charge in [-0.2, -0.15) is 12.6 Å². The number of aliphatic carboxylic acids is 1. The van der Waals surface area contributed by atoms with Gasteiger partial charge in [-0.1, -0.05) is 20.3 Å². The van der Waals surface area contributed by atoms with E-state index in [1.54, 1.807) is 6.92 Å². The van der Waals surface area contributed by atoms with Gasteiger partial charge in [0, 0.05) is 24.1 Å². The minimum Gasteiger partial charge on any atom is -0.480 e. The van der Waals surface area contributed by atoms with Crippen LogP contribution in [0.1, 0.15) is 26.0 Å². The third kappa shape index (κ3) is 8.11. The number of carboxylic acid groups (broad SMARTS) is 1. The number of imidazole rings is 1. The fourth-order valence-electron chi connectivity index (χ4n) is 2.42. The number of hydrogen-bond acceptors (Lipinski definition) is 7. The fourth-order valence-corrected chi connectivity index (χ4v) is 2.58. The van der Waals surface area contributed by atoms with Crippen molar-refractivity contribution < 1.29 is 24.3 Å². The Morgan fingerprint density at radius 2 is 1.93 bits per heavy atom. The summed E-state index contributed by atoms with van der Waals surface area (Å²) in [5, 5.41) is 16.2. The molecule has 0 saturated heterocycles. The van der Waals surface area contributed by atoms with Gasteiger partial charge in [-0.15, -0.1) is 0 Å². The van der Waals surface area contributed by atoms with Gasteiger partial charge in [0.1, 0.15) is 18.6 Å². The Balaban J connectivity index is 2.96. The van der Waals surface area contributed by atoms with Gasteiger partial charge in [0.25, 0.3) is 0 Å². The highest BCUT2D eigenvalue weighted by Gasteiger charge is 2.31. The summed E-state index contributed by atoms with van der Waals surface area (Å²) in [6.45, 7) is 3.03. The molecule has 12 heteroatoms. The Hall–Kier alpha value is -2.60. The number of rotatable bonds is 12. The number of carbonyl (C=O) groups excluding carboxylic acids is 3. The summed E-state index contributed by atoms with van der Waals surface area (Å²) in [5.41, 5.74) is 6.26. The standard InChI is InChI=1S/C17H28N6O5S/c1-3-9(2)14(17(28)20-6-13(24)25)23-16(27)12(4-10-5-19-8-21-10)22-15(26)11(18)7-29/h5,8-9,11-12,14,29H,3-4,6-7,18H2,1-2H3,(H,19,21)(H,20,28)(H,22,26)(H,23,27)(H,24,25). The highest BCUT2D eigenvalue weighted by atomic mass is 32.1. The van der Waals surface area contributed by atoms with Gasteiger partial charge in [-0.3, -0.25) is 19.2 Å². The minimum absolute atomic E-state index is 0.0946. The van der Waals surface area contributed by atoms with E-state index in [9.17, 15) is 19.2 Å². The molecule has 1 aromatic heterocycles. The zero-order chi connectivity index (χ0) is 22.0. The number of nitrogens with one attached hydrogen (secondary N) is 4. The predicted molar refractivity (Wildman–Crippen MR) is 108 cm³/mol. The van der Waals surface area contributed by atoms with Gasteiger partial charge in [-0.05, 0) is 5.92 Å². The second kappa shape index (κ2) is 12.1. The molecular formula is C17H28N6O5S. The van der Waals surface area contributed by atoms with Crippen LogP contribution in [0.5, 0.6) is 0 Å². The van der Waals surface area contributed by atoms with Crippen molar-refractivity contribution in [2.75, 3.05) is 12.3 Å². The van der Waals surface area contributed by atoms with E-state index >= 15 is 0 Å². The van der Waals surface area contributed by atoms with Gasteiger partial charge < -0.3 is 31.8 Å². The molecule has 3 amide bonds. The van der Waals surface area contributed by atoms with E-state index in [-0.39, 0.29) is 18.1 Å². The van der Waals surface area contributed by atoms with Crippen LogP contribution in [0.2, 0.25) is 0 Å². The smallest absolute Gasteiger partial charge is 0.322 e. The van der Waals surface area contributed by atoms with Crippen molar-refractivity contribution in [3.8, 4) is 0 Å². The summed E-state index contributed by atoms with van der Waals surface area (Å²) in [6, 6.07) is -2.89. The van der Waals surface area contributed by atoms with E-state index in [2.05, 4.69) is 38.5 Å². The van der Waals surface area contributed by atoms with Crippen LogP contribution in [0.4, 0.5) is 0 Å². The van der Waals surface area contributed by atoms with Gasteiger partial charge >= 0.3 is 5.97 Å². The van der Waals surface area contributed by atoms with Crippen LogP contribution in [0, 0.1) is 5.92 Å². The van der Waals surface area contributed by atoms with E-state index in [0.717, 1.165) is 0 Å². The number of thiol groups is 1. The first-order valence-corrected chi connectivity index (χ1v) is 9.76. The summed E-state index contributed by atoms with van der Waals surface area (Å²) in [6.07, 6.45) is 3.61. The Morgan fingerprint density at radius 3 is 2.45 bits per heavy atom. The molecule has 0 bridgehead atoms. The molecule has 0 aliphatic carbocycles. The lowest BCUT2D eigenvalue weighted by atomic mass is 9.97. The van der Waals surface area contributed by atoms with Crippen molar-refractivity contribution in [1.29, 1.82) is 0 Å². The fraction of sp³-hybridized carbons (Fsp3) is 0.588. The first kappa shape index (κ1) is 24.4. The SMILES string of the molecule is CCC(C)C(NC(=O)C(Cc1cnc[nH]1)NC(=O)C(N)CS)C(=O)NCC(=O)O. The van der Waals surface area contributed by atoms with Crippen molar-refractivity contribution in [2.45, 2.75) is 44.8 Å². The number of nitrogens with two attached hydrogens (primary N) is 1. The van der Waals surface area contributed by atoms with Gasteiger partial charge in [0.2, 0.25) is 17.7 Å². The number of nitrogens with zero attached hydrogens (tertiary/aromatic N) is 1. The Labute approximate surface area is 174 Å². The van der Waals surface area contributed by atoms with E-state index in [1.807, 2.05) is 6.92 Å². The summed E-state index contributed by atoms with van der Waals surface area (Å²) < 4.78 is 0. The summed E-state index contributed by atoms with van der Waals surface area (Å²) in [7, 11) is 0. The number of aromatic nitrogens is 2. The van der Waals surface area contributed by atoms with E-state index < -0.39 is 48.4 Å². The lowest BCUT2D eigenvalue weighted by Gasteiger charge is -2.26. The molecule has 0 aliphatic rings. The molecular weight excluding hydrogens is 400 g/mol. The van der Waals surface area contributed by atoms with Crippen LogP contribution in [0.25, 0.3) is 0 Å². The van der Waals surface area contributed by atoms with Crippen LogP contribution in [-0.4, -0.2) is 69.2 Å². The highest BCUT2D eigenvalue weighted by Crippen LogP contribution is 2.09. The van der Waals surface area contributed by atoms with Crippen LogP contribution in [0.3, 0.4) is 0 Å². The third-order valence-electron chi connectivity index (χ3n) is 4.35. The molecule has 0 aromatic carbocycles. The number of hydrogen-bond donors (Lipinski definition) is 7. The van der Waals surface area contributed by atoms with Gasteiger partial charge in [-0.25, -0.2) is 4.98 Å². The molecule has 4 atom stereocenters. The number of aromatic amines is 1. The van der Waals surface area contributed by atoms with Gasteiger partial charge in [0.15, 0.2) is 0 Å². The van der Waals surface area contributed by atoms with Crippen LogP contribution in [-0.2, 0) is 25.6 Å². The Bertz CT molecular complexity index is 698. The molecule has 0 aliphatic heterocycles. The minimum atomic E-state index is -1.20.